The van der Waals surface area contributed by atoms with Gasteiger partial charge < -0.3 is 16.0 Å². The second kappa shape index (κ2) is 6.97. The van der Waals surface area contributed by atoms with Gasteiger partial charge in [0.05, 0.1) is 17.6 Å². The number of aryl methyl sites for hydroxylation is 1. The molecule has 8 nitrogen and oxygen atoms in total. The minimum atomic E-state index is 0.487. The zero-order chi connectivity index (χ0) is 20.0. The number of likely N-dealkylation sites (tertiary alicyclic amines) is 1. The Morgan fingerprint density at radius 3 is 2.66 bits per heavy atom. The lowest BCUT2D eigenvalue weighted by Gasteiger charge is -2.33. The van der Waals surface area contributed by atoms with Crippen molar-refractivity contribution in [3.8, 4) is 11.3 Å². The average molecular weight is 388 g/mol. The number of nitrogens with one attached hydrogen (secondary N) is 1. The number of anilines is 4. The number of nitrogen functional groups attached to an aromatic ring is 1. The smallest absolute Gasteiger partial charge is 0.227 e. The van der Waals surface area contributed by atoms with Gasteiger partial charge in [0, 0.05) is 43.1 Å². The lowest BCUT2D eigenvalue weighted by molar-refractivity contribution is 0.292. The van der Waals surface area contributed by atoms with Crippen LogP contribution >= 0.6 is 0 Å². The monoisotopic (exact) mass is 388 g/mol. The first-order chi connectivity index (χ1) is 14.1. The maximum absolute atomic E-state index is 5.67. The number of nitrogens with two attached hydrogens (primary N) is 1. The Hall–Kier alpha value is -3.26. The molecule has 0 spiro atoms. The molecule has 8 heteroatoms. The van der Waals surface area contributed by atoms with E-state index in [0.717, 1.165) is 41.4 Å². The van der Waals surface area contributed by atoms with Crippen molar-refractivity contribution in [3.05, 3.63) is 48.4 Å². The number of pyridine rings is 2. The van der Waals surface area contributed by atoms with Gasteiger partial charge in [0.25, 0.3) is 0 Å². The number of piperazine rings is 1. The molecule has 2 saturated heterocycles. The fourth-order valence-electron chi connectivity index (χ4n) is 4.33. The van der Waals surface area contributed by atoms with Crippen LogP contribution in [0.25, 0.3) is 11.3 Å². The summed E-state index contributed by atoms with van der Waals surface area (Å²) in [5.41, 5.74) is 9.38. The number of hydrogen-bond acceptors (Lipinski definition) is 8. The van der Waals surface area contributed by atoms with Crippen molar-refractivity contribution < 1.29 is 0 Å². The van der Waals surface area contributed by atoms with Crippen LogP contribution in [0.15, 0.2) is 42.9 Å². The summed E-state index contributed by atoms with van der Waals surface area (Å²) in [7, 11) is 2.21. The van der Waals surface area contributed by atoms with E-state index in [9.17, 15) is 0 Å². The zero-order valence-corrected chi connectivity index (χ0v) is 16.6. The second-order valence-corrected chi connectivity index (χ2v) is 7.86. The van der Waals surface area contributed by atoms with E-state index in [2.05, 4.69) is 50.1 Å². The van der Waals surface area contributed by atoms with Gasteiger partial charge >= 0.3 is 0 Å². The lowest BCUT2D eigenvalue weighted by atomic mass is 10.2. The molecule has 5 heterocycles. The van der Waals surface area contributed by atoms with Crippen molar-refractivity contribution in [1.82, 2.24) is 24.8 Å². The van der Waals surface area contributed by atoms with Crippen LogP contribution in [0.3, 0.4) is 0 Å². The van der Waals surface area contributed by atoms with E-state index in [-0.39, 0.29) is 0 Å². The number of rotatable bonds is 4. The molecule has 2 aliphatic rings. The number of hydrogen-bond donors (Lipinski definition) is 2. The largest absolute Gasteiger partial charge is 0.384 e. The van der Waals surface area contributed by atoms with Crippen molar-refractivity contribution in [2.75, 3.05) is 36.1 Å². The molecule has 29 heavy (non-hydrogen) atoms. The van der Waals surface area contributed by atoms with Crippen molar-refractivity contribution in [1.29, 1.82) is 0 Å². The molecule has 0 amide bonds. The van der Waals surface area contributed by atoms with Crippen molar-refractivity contribution in [2.45, 2.75) is 25.4 Å². The first-order valence-corrected chi connectivity index (χ1v) is 9.82. The highest BCUT2D eigenvalue weighted by atomic mass is 15.4. The number of likely N-dealkylation sites (N-methyl/N-ethyl adjacent to an activating group) is 1. The van der Waals surface area contributed by atoms with Gasteiger partial charge in [0.1, 0.15) is 11.6 Å². The van der Waals surface area contributed by atoms with Crippen LogP contribution in [0, 0.1) is 6.92 Å². The molecule has 2 aliphatic heterocycles. The van der Waals surface area contributed by atoms with Gasteiger partial charge in [-0.05, 0) is 50.2 Å². The van der Waals surface area contributed by atoms with Gasteiger partial charge in [-0.3, -0.25) is 4.90 Å². The Morgan fingerprint density at radius 2 is 1.97 bits per heavy atom. The third-order valence-electron chi connectivity index (χ3n) is 5.83. The van der Waals surface area contributed by atoms with Gasteiger partial charge in [-0.2, -0.15) is 0 Å². The van der Waals surface area contributed by atoms with Crippen LogP contribution in [0.1, 0.15) is 12.0 Å². The number of nitrogens with zero attached hydrogens (tertiary/aromatic N) is 6. The predicted molar refractivity (Wildman–Crippen MR) is 114 cm³/mol. The minimum Gasteiger partial charge on any atom is -0.384 e. The first-order valence-electron chi connectivity index (χ1n) is 9.82. The highest BCUT2D eigenvalue weighted by Gasteiger charge is 2.42. The van der Waals surface area contributed by atoms with Crippen LogP contribution in [0.4, 0.5) is 23.3 Å². The van der Waals surface area contributed by atoms with Gasteiger partial charge in [0.15, 0.2) is 0 Å². The Morgan fingerprint density at radius 1 is 1.07 bits per heavy atom. The maximum Gasteiger partial charge on any atom is 0.227 e. The Kier molecular flexibility index (Phi) is 4.28. The summed E-state index contributed by atoms with van der Waals surface area (Å²) in [5, 5.41) is 3.27. The van der Waals surface area contributed by atoms with Crippen LogP contribution in [-0.2, 0) is 0 Å². The summed E-state index contributed by atoms with van der Waals surface area (Å²) in [6.07, 6.45) is 6.54. The molecule has 2 atom stereocenters. The van der Waals surface area contributed by atoms with E-state index in [1.165, 1.54) is 6.42 Å². The lowest BCUT2D eigenvalue weighted by Crippen LogP contribution is -2.45. The van der Waals surface area contributed by atoms with Gasteiger partial charge in [0.2, 0.25) is 5.95 Å². The second-order valence-electron chi connectivity index (χ2n) is 7.86. The topological polar surface area (TPSA) is 96.1 Å². The molecule has 0 aliphatic carbocycles. The minimum absolute atomic E-state index is 0.487. The Balaban J connectivity index is 1.34. The molecular weight excluding hydrogens is 364 g/mol. The van der Waals surface area contributed by atoms with Crippen molar-refractivity contribution >= 4 is 23.3 Å². The van der Waals surface area contributed by atoms with E-state index < -0.39 is 0 Å². The highest BCUT2D eigenvalue weighted by Crippen LogP contribution is 2.34. The Bertz CT molecular complexity index is 1030. The molecule has 148 valence electrons. The van der Waals surface area contributed by atoms with E-state index in [4.69, 9.17) is 10.7 Å². The molecule has 2 bridgehead atoms. The van der Waals surface area contributed by atoms with E-state index in [1.54, 1.807) is 18.5 Å². The molecule has 0 saturated carbocycles. The van der Waals surface area contributed by atoms with Crippen LogP contribution in [0.2, 0.25) is 0 Å². The third-order valence-corrected chi connectivity index (χ3v) is 5.83. The summed E-state index contributed by atoms with van der Waals surface area (Å²) < 4.78 is 0. The van der Waals surface area contributed by atoms with Crippen LogP contribution in [0.5, 0.6) is 0 Å². The molecular formula is C21H24N8. The fourth-order valence-corrected chi connectivity index (χ4v) is 4.33. The van der Waals surface area contributed by atoms with E-state index in [1.807, 2.05) is 18.3 Å². The molecule has 2 fully saturated rings. The summed E-state index contributed by atoms with van der Waals surface area (Å²) in [6, 6.07) is 8.85. The molecule has 5 rings (SSSR count). The quantitative estimate of drug-likeness (QED) is 0.704. The summed E-state index contributed by atoms with van der Waals surface area (Å²) >= 11 is 0. The maximum atomic E-state index is 5.67. The molecule has 3 N–H and O–H groups in total. The summed E-state index contributed by atoms with van der Waals surface area (Å²) in [5.74, 6) is 2.09. The van der Waals surface area contributed by atoms with Gasteiger partial charge in [-0.1, -0.05) is 0 Å². The van der Waals surface area contributed by atoms with Crippen LogP contribution < -0.4 is 16.0 Å². The fraction of sp³-hybridized carbons (Fsp3) is 0.333. The zero-order valence-electron chi connectivity index (χ0n) is 16.6. The predicted octanol–water partition coefficient (Wildman–Crippen LogP) is 2.46. The summed E-state index contributed by atoms with van der Waals surface area (Å²) in [6.45, 7) is 4.29. The third kappa shape index (κ3) is 3.36. The molecule has 3 aromatic heterocycles. The molecule has 0 unspecified atom stereocenters. The average Bonchev–Trinajstić information content (AvgIpc) is 3.28. The number of aromatic nitrogens is 4. The van der Waals surface area contributed by atoms with Gasteiger partial charge in [-0.15, -0.1) is 0 Å². The molecule has 3 aromatic rings. The van der Waals surface area contributed by atoms with E-state index >= 15 is 0 Å². The molecule has 0 aromatic carbocycles. The Labute approximate surface area is 169 Å². The van der Waals surface area contributed by atoms with Gasteiger partial charge in [-0.25, -0.2) is 19.9 Å². The van der Waals surface area contributed by atoms with Crippen molar-refractivity contribution in [2.24, 2.45) is 0 Å². The van der Waals surface area contributed by atoms with Crippen LogP contribution in [-0.4, -0.2) is 57.1 Å². The standard InChI is InChI=1S/C21H24N8/c1-13-7-15(10-25-20(13)29-12-16-8-17(29)11-28(16)2)26-21-23-6-5-18(27-21)14-3-4-19(22)24-9-14/h3-7,9-10,16-17H,8,11-12H2,1-2H3,(H2,22,24)(H,23,26,27)/t16-,17-/m0/s1. The van der Waals surface area contributed by atoms with Crippen molar-refractivity contribution in [3.63, 3.8) is 0 Å². The van der Waals surface area contributed by atoms with E-state index in [0.29, 0.717) is 23.8 Å². The SMILES string of the molecule is Cc1cc(Nc2nccc(-c3ccc(N)nc3)n2)cnc1N1C[C@@H]2C[C@H]1CN2C. The number of fused-ring (bicyclic) bond motifs is 2. The molecule has 0 radical (unpaired) electrons. The normalized spacial score (nSPS) is 21.0. The highest BCUT2D eigenvalue weighted by molar-refractivity contribution is 5.63. The summed E-state index contributed by atoms with van der Waals surface area (Å²) in [4.78, 5) is 22.7. The first kappa shape index (κ1) is 17.8.